The fourth-order valence-electron chi connectivity index (χ4n) is 2.99. The molecule has 0 saturated carbocycles. The van der Waals surface area contributed by atoms with E-state index >= 15 is 0 Å². The summed E-state index contributed by atoms with van der Waals surface area (Å²) in [7, 11) is 0. The van der Waals surface area contributed by atoms with E-state index in [2.05, 4.69) is 29.2 Å². The topological polar surface area (TPSA) is 21.7 Å². The Morgan fingerprint density at radius 3 is 2.50 bits per heavy atom. The van der Waals surface area contributed by atoms with E-state index in [0.29, 0.717) is 6.73 Å². The first kappa shape index (κ1) is 11.6. The molecule has 2 aromatic carbocycles. The molecule has 0 N–H and O–H groups in total. The Morgan fingerprint density at radius 2 is 1.65 bits per heavy atom. The van der Waals surface area contributed by atoms with Crippen LogP contribution in [0.1, 0.15) is 17.5 Å². The van der Waals surface area contributed by atoms with Gasteiger partial charge in [0.1, 0.15) is 11.5 Å². The lowest BCUT2D eigenvalue weighted by Crippen LogP contribution is -2.33. The predicted molar refractivity (Wildman–Crippen MR) is 78.4 cm³/mol. The van der Waals surface area contributed by atoms with Crippen molar-refractivity contribution in [2.75, 3.05) is 18.2 Å². The van der Waals surface area contributed by atoms with Crippen LogP contribution in [0.25, 0.3) is 0 Å². The van der Waals surface area contributed by atoms with E-state index in [4.69, 9.17) is 9.47 Å². The van der Waals surface area contributed by atoms with Crippen molar-refractivity contribution in [2.24, 2.45) is 0 Å². The summed E-state index contributed by atoms with van der Waals surface area (Å²) in [5, 5.41) is 0. The van der Waals surface area contributed by atoms with E-state index in [1.807, 2.05) is 18.2 Å². The number of hydrogen-bond donors (Lipinski definition) is 0. The molecule has 0 bridgehead atoms. The molecule has 0 saturated heterocycles. The zero-order chi connectivity index (χ0) is 13.4. The second-order valence-corrected chi connectivity index (χ2v) is 5.28. The highest BCUT2D eigenvalue weighted by Crippen LogP contribution is 2.37. The molecular formula is C17H17NO2. The van der Waals surface area contributed by atoms with Gasteiger partial charge in [0.05, 0.1) is 13.2 Å². The number of hydrogen-bond acceptors (Lipinski definition) is 3. The van der Waals surface area contributed by atoms with Crippen LogP contribution in [0.2, 0.25) is 0 Å². The number of ether oxygens (including phenoxy) is 2. The minimum Gasteiger partial charge on any atom is -0.493 e. The Morgan fingerprint density at radius 1 is 0.850 bits per heavy atom. The van der Waals surface area contributed by atoms with Gasteiger partial charge in [-0.2, -0.15) is 0 Å². The summed E-state index contributed by atoms with van der Waals surface area (Å²) in [5.74, 6) is 2.05. The molecule has 2 heterocycles. The van der Waals surface area contributed by atoms with Gasteiger partial charge in [-0.1, -0.05) is 18.2 Å². The third kappa shape index (κ3) is 1.90. The Kier molecular flexibility index (Phi) is 2.76. The van der Waals surface area contributed by atoms with Gasteiger partial charge < -0.3 is 14.4 Å². The summed E-state index contributed by atoms with van der Waals surface area (Å²) in [6, 6.07) is 14.5. The monoisotopic (exact) mass is 267 g/mol. The maximum atomic E-state index is 5.93. The number of para-hydroxylation sites is 1. The highest BCUT2D eigenvalue weighted by Gasteiger charge is 2.24. The molecule has 2 aliphatic heterocycles. The van der Waals surface area contributed by atoms with Crippen LogP contribution in [0, 0.1) is 0 Å². The molecule has 102 valence electrons. The van der Waals surface area contributed by atoms with Crippen molar-refractivity contribution < 1.29 is 9.47 Å². The van der Waals surface area contributed by atoms with Crippen LogP contribution in [-0.4, -0.2) is 13.3 Å². The Hall–Kier alpha value is -2.16. The third-order valence-corrected chi connectivity index (χ3v) is 4.02. The lowest BCUT2D eigenvalue weighted by Gasteiger charge is -2.33. The molecule has 2 aliphatic rings. The number of rotatable bonds is 1. The molecule has 0 unspecified atom stereocenters. The van der Waals surface area contributed by atoms with Crippen LogP contribution in [-0.2, 0) is 13.0 Å². The average Bonchev–Trinajstić information content (AvgIpc) is 2.55. The van der Waals surface area contributed by atoms with Gasteiger partial charge in [0, 0.05) is 16.8 Å². The number of anilines is 1. The SMILES string of the molecule is c1ccc(N2COc3ccc4c(c3C2)CCCO4)cc1. The minimum atomic E-state index is 0.608. The van der Waals surface area contributed by atoms with Crippen LogP contribution < -0.4 is 14.4 Å². The van der Waals surface area contributed by atoms with E-state index in [0.717, 1.165) is 37.5 Å². The van der Waals surface area contributed by atoms with Crippen LogP contribution in [0.15, 0.2) is 42.5 Å². The smallest absolute Gasteiger partial charge is 0.161 e. The summed E-state index contributed by atoms with van der Waals surface area (Å²) in [6.07, 6.45) is 2.18. The van der Waals surface area contributed by atoms with Crippen molar-refractivity contribution in [2.45, 2.75) is 19.4 Å². The Bertz CT molecular complexity index is 624. The van der Waals surface area contributed by atoms with E-state index < -0.39 is 0 Å². The van der Waals surface area contributed by atoms with Crippen molar-refractivity contribution in [1.82, 2.24) is 0 Å². The van der Waals surface area contributed by atoms with Crippen LogP contribution in [0.5, 0.6) is 11.5 Å². The van der Waals surface area contributed by atoms with Gasteiger partial charge >= 0.3 is 0 Å². The van der Waals surface area contributed by atoms with Crippen LogP contribution in [0.4, 0.5) is 5.69 Å². The molecular weight excluding hydrogens is 250 g/mol. The van der Waals surface area contributed by atoms with Gasteiger partial charge in [0.25, 0.3) is 0 Å². The molecule has 0 radical (unpaired) electrons. The lowest BCUT2D eigenvalue weighted by molar-refractivity contribution is 0.270. The van der Waals surface area contributed by atoms with Crippen molar-refractivity contribution in [3.63, 3.8) is 0 Å². The molecule has 20 heavy (non-hydrogen) atoms. The van der Waals surface area contributed by atoms with Crippen molar-refractivity contribution in [3.05, 3.63) is 53.6 Å². The normalized spacial score (nSPS) is 16.7. The predicted octanol–water partition coefficient (Wildman–Crippen LogP) is 3.37. The first-order valence-corrected chi connectivity index (χ1v) is 7.12. The van der Waals surface area contributed by atoms with Crippen molar-refractivity contribution in [1.29, 1.82) is 0 Å². The fraction of sp³-hybridized carbons (Fsp3) is 0.294. The van der Waals surface area contributed by atoms with E-state index in [9.17, 15) is 0 Å². The third-order valence-electron chi connectivity index (χ3n) is 4.02. The van der Waals surface area contributed by atoms with Crippen molar-refractivity contribution >= 4 is 5.69 Å². The molecule has 4 rings (SSSR count). The van der Waals surface area contributed by atoms with Gasteiger partial charge in [-0.25, -0.2) is 0 Å². The fourth-order valence-corrected chi connectivity index (χ4v) is 2.99. The van der Waals surface area contributed by atoms with Gasteiger partial charge in [-0.3, -0.25) is 0 Å². The molecule has 0 amide bonds. The second-order valence-electron chi connectivity index (χ2n) is 5.28. The summed E-state index contributed by atoms with van der Waals surface area (Å²) in [6.45, 7) is 2.33. The van der Waals surface area contributed by atoms with E-state index in [1.54, 1.807) is 0 Å². The standard InChI is InChI=1S/C17H17NO2/c1-2-5-13(6-3-1)18-11-15-14-7-4-10-19-16(14)8-9-17(15)20-12-18/h1-3,5-6,8-9H,4,7,10-12H2. The number of fused-ring (bicyclic) bond motifs is 3. The maximum absolute atomic E-state index is 5.93. The van der Waals surface area contributed by atoms with Crippen LogP contribution in [0.3, 0.4) is 0 Å². The maximum Gasteiger partial charge on any atom is 0.161 e. The van der Waals surface area contributed by atoms with Gasteiger partial charge in [0.15, 0.2) is 6.73 Å². The molecule has 0 spiro atoms. The van der Waals surface area contributed by atoms with E-state index in [1.165, 1.54) is 16.8 Å². The summed E-state index contributed by atoms with van der Waals surface area (Å²) in [4.78, 5) is 2.26. The van der Waals surface area contributed by atoms with Crippen molar-refractivity contribution in [3.8, 4) is 11.5 Å². The minimum absolute atomic E-state index is 0.608. The largest absolute Gasteiger partial charge is 0.493 e. The lowest BCUT2D eigenvalue weighted by atomic mass is 9.98. The summed E-state index contributed by atoms with van der Waals surface area (Å²) < 4.78 is 11.7. The quantitative estimate of drug-likeness (QED) is 0.790. The summed E-state index contributed by atoms with van der Waals surface area (Å²) in [5.41, 5.74) is 3.82. The number of benzene rings is 2. The Labute approximate surface area is 118 Å². The van der Waals surface area contributed by atoms with Gasteiger partial charge in [0.2, 0.25) is 0 Å². The molecule has 3 heteroatoms. The molecule has 0 aromatic heterocycles. The molecule has 0 aliphatic carbocycles. The average molecular weight is 267 g/mol. The summed E-state index contributed by atoms with van der Waals surface area (Å²) >= 11 is 0. The first-order valence-electron chi connectivity index (χ1n) is 7.12. The number of nitrogens with zero attached hydrogens (tertiary/aromatic N) is 1. The molecule has 0 atom stereocenters. The zero-order valence-electron chi connectivity index (χ0n) is 11.3. The second kappa shape index (κ2) is 4.75. The zero-order valence-corrected chi connectivity index (χ0v) is 11.3. The molecule has 0 fully saturated rings. The van der Waals surface area contributed by atoms with Gasteiger partial charge in [-0.15, -0.1) is 0 Å². The first-order chi connectivity index (χ1) is 9.92. The van der Waals surface area contributed by atoms with E-state index in [-0.39, 0.29) is 0 Å². The Balaban J connectivity index is 1.71. The highest BCUT2D eigenvalue weighted by molar-refractivity contribution is 5.55. The molecule has 3 nitrogen and oxygen atoms in total. The highest BCUT2D eigenvalue weighted by atomic mass is 16.5. The van der Waals surface area contributed by atoms with Gasteiger partial charge in [-0.05, 0) is 37.1 Å². The van der Waals surface area contributed by atoms with Crippen LogP contribution >= 0.6 is 0 Å². The molecule has 2 aromatic rings.